The Hall–Kier alpha value is -1.10. The van der Waals surface area contributed by atoms with E-state index in [0.717, 1.165) is 23.2 Å². The molecule has 4 nitrogen and oxygen atoms in total. The van der Waals surface area contributed by atoms with Gasteiger partial charge in [-0.25, -0.2) is 9.50 Å². The Morgan fingerprint density at radius 2 is 2.31 bits per heavy atom. The fourth-order valence-electron chi connectivity index (χ4n) is 2.00. The normalized spacial score (nSPS) is 15.6. The number of rotatable bonds is 4. The Morgan fingerprint density at radius 1 is 1.44 bits per heavy atom. The first-order valence-corrected chi connectivity index (χ1v) is 6.63. The van der Waals surface area contributed by atoms with Crippen molar-refractivity contribution in [1.29, 1.82) is 0 Å². The standard InChI is InChI=1S/C11H13BrN4/c12-4-7-15(9-1-2-9)11-10-3-5-14-16(10)8-6-13-11/h3,5-6,8-9H,1-2,4,7H2. The van der Waals surface area contributed by atoms with Gasteiger partial charge in [0, 0.05) is 30.3 Å². The molecule has 1 aliphatic carbocycles. The first-order valence-electron chi connectivity index (χ1n) is 5.51. The minimum atomic E-state index is 0.672. The molecule has 0 N–H and O–H groups in total. The van der Waals surface area contributed by atoms with Gasteiger partial charge in [0.25, 0.3) is 0 Å². The Labute approximate surface area is 102 Å². The van der Waals surface area contributed by atoms with Crippen LogP contribution in [0.25, 0.3) is 5.52 Å². The second-order valence-corrected chi connectivity index (χ2v) is 4.82. The molecule has 5 heteroatoms. The number of fused-ring (bicyclic) bond motifs is 1. The van der Waals surface area contributed by atoms with Gasteiger partial charge in [-0.15, -0.1) is 0 Å². The van der Waals surface area contributed by atoms with E-state index < -0.39 is 0 Å². The number of hydrogen-bond donors (Lipinski definition) is 0. The van der Waals surface area contributed by atoms with E-state index in [2.05, 4.69) is 30.9 Å². The Morgan fingerprint density at radius 3 is 3.06 bits per heavy atom. The van der Waals surface area contributed by atoms with Crippen LogP contribution in [-0.4, -0.2) is 32.5 Å². The highest BCUT2D eigenvalue weighted by Gasteiger charge is 2.30. The Kier molecular flexibility index (Phi) is 2.55. The summed E-state index contributed by atoms with van der Waals surface area (Å²) in [6.45, 7) is 1.00. The van der Waals surface area contributed by atoms with Crippen LogP contribution in [0, 0.1) is 0 Å². The molecule has 0 saturated heterocycles. The average Bonchev–Trinajstić information content (AvgIpc) is 3.02. The van der Waals surface area contributed by atoms with Gasteiger partial charge in [-0.2, -0.15) is 5.10 Å². The highest BCUT2D eigenvalue weighted by atomic mass is 79.9. The second kappa shape index (κ2) is 4.05. The van der Waals surface area contributed by atoms with Crippen molar-refractivity contribution in [1.82, 2.24) is 14.6 Å². The number of hydrogen-bond acceptors (Lipinski definition) is 3. The van der Waals surface area contributed by atoms with Crippen molar-refractivity contribution < 1.29 is 0 Å². The van der Waals surface area contributed by atoms with Crippen LogP contribution in [0.15, 0.2) is 24.7 Å². The lowest BCUT2D eigenvalue weighted by Gasteiger charge is -2.22. The SMILES string of the molecule is BrCCN(c1nccn2nccc12)C1CC1. The summed E-state index contributed by atoms with van der Waals surface area (Å²) in [6.07, 6.45) is 8.09. The van der Waals surface area contributed by atoms with E-state index >= 15 is 0 Å². The maximum atomic E-state index is 4.50. The summed E-state index contributed by atoms with van der Waals surface area (Å²) in [4.78, 5) is 6.88. The molecule has 16 heavy (non-hydrogen) atoms. The lowest BCUT2D eigenvalue weighted by Crippen LogP contribution is -2.29. The van der Waals surface area contributed by atoms with Crippen molar-refractivity contribution in [3.8, 4) is 0 Å². The Balaban J connectivity index is 2.04. The molecule has 3 rings (SSSR count). The highest BCUT2D eigenvalue weighted by molar-refractivity contribution is 9.09. The van der Waals surface area contributed by atoms with Crippen molar-refractivity contribution in [3.63, 3.8) is 0 Å². The largest absolute Gasteiger partial charge is 0.351 e. The molecular weight excluding hydrogens is 268 g/mol. The summed E-state index contributed by atoms with van der Waals surface area (Å²) < 4.78 is 1.88. The van der Waals surface area contributed by atoms with Crippen LogP contribution < -0.4 is 4.90 Å². The van der Waals surface area contributed by atoms with Gasteiger partial charge in [0.15, 0.2) is 5.82 Å². The molecule has 2 aromatic rings. The zero-order valence-corrected chi connectivity index (χ0v) is 10.5. The maximum absolute atomic E-state index is 4.50. The predicted octanol–water partition coefficient (Wildman–Crippen LogP) is 2.09. The topological polar surface area (TPSA) is 33.4 Å². The molecule has 0 atom stereocenters. The minimum absolute atomic E-state index is 0.672. The van der Waals surface area contributed by atoms with Gasteiger partial charge in [-0.3, -0.25) is 0 Å². The summed E-state index contributed by atoms with van der Waals surface area (Å²) in [5.41, 5.74) is 1.09. The highest BCUT2D eigenvalue weighted by Crippen LogP contribution is 2.32. The van der Waals surface area contributed by atoms with E-state index in [1.807, 2.05) is 29.2 Å². The molecule has 84 valence electrons. The molecule has 0 aliphatic heterocycles. The smallest absolute Gasteiger partial charge is 0.154 e. The molecule has 0 radical (unpaired) electrons. The van der Waals surface area contributed by atoms with Crippen molar-refractivity contribution in [2.75, 3.05) is 16.8 Å². The van der Waals surface area contributed by atoms with Crippen LogP contribution in [0.4, 0.5) is 5.82 Å². The molecular formula is C11H13BrN4. The van der Waals surface area contributed by atoms with Gasteiger partial charge >= 0.3 is 0 Å². The summed E-state index contributed by atoms with van der Waals surface area (Å²) >= 11 is 3.51. The van der Waals surface area contributed by atoms with Crippen LogP contribution in [0.5, 0.6) is 0 Å². The molecule has 1 fully saturated rings. The van der Waals surface area contributed by atoms with Gasteiger partial charge in [-0.1, -0.05) is 15.9 Å². The second-order valence-electron chi connectivity index (χ2n) is 4.03. The van der Waals surface area contributed by atoms with E-state index in [1.54, 1.807) is 0 Å². The number of nitrogens with zero attached hydrogens (tertiary/aromatic N) is 4. The molecule has 0 amide bonds. The number of aromatic nitrogens is 3. The Bertz CT molecular complexity index is 491. The van der Waals surface area contributed by atoms with E-state index in [9.17, 15) is 0 Å². The van der Waals surface area contributed by atoms with Crippen molar-refractivity contribution in [2.24, 2.45) is 0 Å². The van der Waals surface area contributed by atoms with Crippen molar-refractivity contribution in [3.05, 3.63) is 24.7 Å². The predicted molar refractivity (Wildman–Crippen MR) is 67.1 cm³/mol. The van der Waals surface area contributed by atoms with Crippen LogP contribution >= 0.6 is 15.9 Å². The van der Waals surface area contributed by atoms with E-state index in [0.29, 0.717) is 6.04 Å². The fraction of sp³-hybridized carbons (Fsp3) is 0.455. The number of anilines is 1. The van der Waals surface area contributed by atoms with Crippen LogP contribution in [0.3, 0.4) is 0 Å². The molecule has 1 aliphatic rings. The first kappa shape index (κ1) is 10.1. The molecule has 2 aromatic heterocycles. The van der Waals surface area contributed by atoms with Gasteiger partial charge in [0.05, 0.1) is 6.20 Å². The zero-order chi connectivity index (χ0) is 11.0. The minimum Gasteiger partial charge on any atom is -0.351 e. The average molecular weight is 281 g/mol. The molecule has 0 bridgehead atoms. The van der Waals surface area contributed by atoms with E-state index in [-0.39, 0.29) is 0 Å². The summed E-state index contributed by atoms with van der Waals surface area (Å²) in [7, 11) is 0. The molecule has 0 unspecified atom stereocenters. The third kappa shape index (κ3) is 1.69. The zero-order valence-electron chi connectivity index (χ0n) is 8.88. The summed E-state index contributed by atoms with van der Waals surface area (Å²) in [5.74, 6) is 1.06. The van der Waals surface area contributed by atoms with Crippen LogP contribution in [0.2, 0.25) is 0 Å². The van der Waals surface area contributed by atoms with Gasteiger partial charge in [0.2, 0.25) is 0 Å². The van der Waals surface area contributed by atoms with E-state index in [4.69, 9.17) is 0 Å². The quantitative estimate of drug-likeness (QED) is 0.805. The lowest BCUT2D eigenvalue weighted by atomic mass is 10.4. The van der Waals surface area contributed by atoms with Gasteiger partial charge in [0.1, 0.15) is 5.52 Å². The van der Waals surface area contributed by atoms with Crippen molar-refractivity contribution >= 4 is 27.3 Å². The molecule has 0 aromatic carbocycles. The van der Waals surface area contributed by atoms with E-state index in [1.165, 1.54) is 12.8 Å². The molecule has 0 spiro atoms. The maximum Gasteiger partial charge on any atom is 0.154 e. The van der Waals surface area contributed by atoms with Gasteiger partial charge < -0.3 is 4.90 Å². The number of alkyl halides is 1. The third-order valence-corrected chi connectivity index (χ3v) is 3.24. The molecule has 2 heterocycles. The van der Waals surface area contributed by atoms with Crippen molar-refractivity contribution in [2.45, 2.75) is 18.9 Å². The fourth-order valence-corrected chi connectivity index (χ4v) is 2.39. The summed E-state index contributed by atoms with van der Waals surface area (Å²) in [5, 5.41) is 5.21. The first-order chi connectivity index (χ1) is 7.90. The van der Waals surface area contributed by atoms with Crippen LogP contribution in [0.1, 0.15) is 12.8 Å². The lowest BCUT2D eigenvalue weighted by molar-refractivity contribution is 0.809. The molecule has 1 saturated carbocycles. The monoisotopic (exact) mass is 280 g/mol. The van der Waals surface area contributed by atoms with Crippen LogP contribution in [-0.2, 0) is 0 Å². The number of halogens is 1. The third-order valence-electron chi connectivity index (χ3n) is 2.89. The summed E-state index contributed by atoms with van der Waals surface area (Å²) in [6, 6.07) is 2.69. The van der Waals surface area contributed by atoms with Gasteiger partial charge in [-0.05, 0) is 18.9 Å².